The molecule has 0 bridgehead atoms. The van der Waals surface area contributed by atoms with Crippen molar-refractivity contribution in [2.24, 2.45) is 7.05 Å². The maximum Gasteiger partial charge on any atom is 0.288 e. The molecular formula is C28H39N3O6. The Morgan fingerprint density at radius 2 is 1.86 bits per heavy atom. The average Bonchev–Trinajstić information content (AvgIpc) is 3.15. The van der Waals surface area contributed by atoms with Crippen molar-refractivity contribution in [1.29, 1.82) is 0 Å². The van der Waals surface area contributed by atoms with Crippen molar-refractivity contribution in [1.82, 2.24) is 14.3 Å². The van der Waals surface area contributed by atoms with Crippen molar-refractivity contribution in [3.8, 4) is 5.69 Å². The lowest BCUT2D eigenvalue weighted by Gasteiger charge is -2.34. The van der Waals surface area contributed by atoms with Gasteiger partial charge >= 0.3 is 0 Å². The van der Waals surface area contributed by atoms with Gasteiger partial charge in [-0.05, 0) is 38.0 Å². The molecule has 1 aliphatic carbocycles. The molecule has 2 aromatic rings. The molecule has 1 saturated carbocycles. The highest BCUT2D eigenvalue weighted by Crippen LogP contribution is 2.33. The van der Waals surface area contributed by atoms with Crippen molar-refractivity contribution in [3.63, 3.8) is 0 Å². The third-order valence-electron chi connectivity index (χ3n) is 7.45. The molecule has 0 radical (unpaired) electrons. The van der Waals surface area contributed by atoms with Gasteiger partial charge in [0.1, 0.15) is 0 Å². The van der Waals surface area contributed by atoms with Crippen LogP contribution in [0, 0.1) is 6.92 Å². The van der Waals surface area contributed by atoms with Crippen molar-refractivity contribution < 1.29 is 24.1 Å². The molecule has 1 N–H and O–H groups in total. The molecule has 1 aromatic heterocycles. The first kappa shape index (κ1) is 27.2. The number of allylic oxidation sites excluding steroid dienone is 1. The third kappa shape index (κ3) is 6.17. The van der Waals surface area contributed by atoms with Crippen molar-refractivity contribution in [2.75, 3.05) is 33.5 Å². The van der Waals surface area contributed by atoms with E-state index in [1.165, 1.54) is 6.42 Å². The molecule has 2 heterocycles. The number of likely N-dealkylation sites (N-methyl/N-ethyl adjacent to an activating group) is 1. The highest BCUT2D eigenvalue weighted by molar-refractivity contribution is 5.91. The van der Waals surface area contributed by atoms with Crippen LogP contribution in [0.3, 0.4) is 0 Å². The molecular weight excluding hydrogens is 474 g/mol. The van der Waals surface area contributed by atoms with E-state index in [1.54, 1.807) is 15.7 Å². The zero-order valence-electron chi connectivity index (χ0n) is 22.1. The minimum absolute atomic E-state index is 0.0577. The van der Waals surface area contributed by atoms with Crippen LogP contribution >= 0.6 is 0 Å². The van der Waals surface area contributed by atoms with E-state index in [9.17, 15) is 9.59 Å². The van der Waals surface area contributed by atoms with Crippen LogP contribution in [-0.4, -0.2) is 71.1 Å². The van der Waals surface area contributed by atoms with Gasteiger partial charge in [0.05, 0.1) is 32.1 Å². The highest BCUT2D eigenvalue weighted by Gasteiger charge is 2.35. The number of aliphatic hydroxyl groups excluding tert-OH is 1. The van der Waals surface area contributed by atoms with E-state index in [-0.39, 0.29) is 49.0 Å². The van der Waals surface area contributed by atoms with Crippen LogP contribution in [0.4, 0.5) is 0 Å². The number of nitrogens with zero attached hydrogens (tertiary/aromatic N) is 3. The molecule has 1 fully saturated rings. The number of para-hydroxylation sites is 1. The maximum absolute atomic E-state index is 13.7. The van der Waals surface area contributed by atoms with Crippen LogP contribution < -0.4 is 5.56 Å². The molecule has 4 rings (SSSR count). The van der Waals surface area contributed by atoms with Crippen LogP contribution in [0.2, 0.25) is 0 Å². The molecule has 2 atom stereocenters. The summed E-state index contributed by atoms with van der Waals surface area (Å²) >= 11 is 0. The van der Waals surface area contributed by atoms with Gasteiger partial charge in [0.2, 0.25) is 6.29 Å². The summed E-state index contributed by atoms with van der Waals surface area (Å²) in [6.07, 6.45) is 6.91. The molecule has 0 unspecified atom stereocenters. The largest absolute Gasteiger partial charge is 0.459 e. The van der Waals surface area contributed by atoms with Gasteiger partial charge in [0.15, 0.2) is 5.76 Å². The SMILES string of the molecule is Cc1c([C@H]2C=C(C(=O)N(C)C3CCCCC3)O[C@@H](OCCOCCO)C2)c(=O)n(-c2ccccc2)n1C. The van der Waals surface area contributed by atoms with E-state index in [0.717, 1.165) is 37.1 Å². The summed E-state index contributed by atoms with van der Waals surface area (Å²) in [5, 5.41) is 8.92. The minimum Gasteiger partial charge on any atom is -0.459 e. The second-order valence-corrected chi connectivity index (χ2v) is 9.81. The molecule has 9 nitrogen and oxygen atoms in total. The van der Waals surface area contributed by atoms with Crippen molar-refractivity contribution in [2.45, 2.75) is 63.7 Å². The van der Waals surface area contributed by atoms with Crippen LogP contribution in [0.25, 0.3) is 5.69 Å². The fourth-order valence-corrected chi connectivity index (χ4v) is 5.34. The standard InChI is InChI=1S/C28H39N3O6/c1-20-26(28(34)31(30(20)3)23-12-8-5-9-13-23)21-18-24(27(33)29(2)22-10-6-4-7-11-22)37-25(19-21)36-17-16-35-15-14-32/h5,8-9,12-13,18,21-22,25,32H,4,6-7,10-11,14-17,19H2,1-3H3/t21-,25+/m0/s1. The molecule has 1 amide bonds. The molecule has 0 spiro atoms. The van der Waals surface area contributed by atoms with Crippen LogP contribution in [-0.2, 0) is 26.1 Å². The molecule has 0 saturated heterocycles. The number of hydrogen-bond donors (Lipinski definition) is 1. The number of ether oxygens (including phenoxy) is 3. The lowest BCUT2D eigenvalue weighted by atomic mass is 9.92. The van der Waals surface area contributed by atoms with Gasteiger partial charge in [0.25, 0.3) is 11.5 Å². The zero-order valence-corrected chi connectivity index (χ0v) is 22.1. The Balaban J connectivity index is 1.63. The lowest BCUT2D eigenvalue weighted by molar-refractivity contribution is -0.157. The summed E-state index contributed by atoms with van der Waals surface area (Å²) in [5.41, 5.74) is 2.12. The quantitative estimate of drug-likeness (QED) is 0.491. The number of benzene rings is 1. The Morgan fingerprint density at radius 3 is 2.57 bits per heavy atom. The van der Waals surface area contributed by atoms with Gasteiger partial charge in [-0.1, -0.05) is 37.5 Å². The first-order chi connectivity index (χ1) is 17.9. The number of carbonyl (C=O) groups is 1. The van der Waals surface area contributed by atoms with E-state index in [1.807, 2.05) is 56.0 Å². The smallest absolute Gasteiger partial charge is 0.288 e. The topological polar surface area (TPSA) is 95.2 Å². The van der Waals surface area contributed by atoms with Gasteiger partial charge < -0.3 is 24.2 Å². The number of carbonyl (C=O) groups excluding carboxylic acids is 1. The Bertz CT molecular complexity index is 1130. The second-order valence-electron chi connectivity index (χ2n) is 9.81. The number of rotatable bonds is 10. The van der Waals surface area contributed by atoms with Crippen molar-refractivity contribution in [3.05, 3.63) is 63.8 Å². The van der Waals surface area contributed by atoms with Crippen LogP contribution in [0.1, 0.15) is 55.7 Å². The van der Waals surface area contributed by atoms with E-state index < -0.39 is 6.29 Å². The predicted molar refractivity (Wildman–Crippen MR) is 140 cm³/mol. The van der Waals surface area contributed by atoms with Crippen LogP contribution in [0.15, 0.2) is 47.0 Å². The van der Waals surface area contributed by atoms with E-state index in [2.05, 4.69) is 0 Å². The number of aliphatic hydroxyl groups is 1. The van der Waals surface area contributed by atoms with Gasteiger partial charge in [-0.15, -0.1) is 0 Å². The first-order valence-corrected chi connectivity index (χ1v) is 13.2. The molecule has 1 aromatic carbocycles. The second kappa shape index (κ2) is 12.6. The zero-order chi connectivity index (χ0) is 26.4. The number of amides is 1. The molecule has 202 valence electrons. The van der Waals surface area contributed by atoms with Gasteiger partial charge in [-0.2, -0.15) is 0 Å². The van der Waals surface area contributed by atoms with Gasteiger partial charge in [-0.25, -0.2) is 4.68 Å². The fraction of sp³-hybridized carbons (Fsp3) is 0.571. The summed E-state index contributed by atoms with van der Waals surface area (Å²) in [6, 6.07) is 9.70. The summed E-state index contributed by atoms with van der Waals surface area (Å²) in [6.45, 7) is 2.64. The minimum atomic E-state index is -0.699. The molecule has 37 heavy (non-hydrogen) atoms. The Kier molecular flexibility index (Phi) is 9.23. The summed E-state index contributed by atoms with van der Waals surface area (Å²) < 4.78 is 20.8. The average molecular weight is 514 g/mol. The van der Waals surface area contributed by atoms with E-state index >= 15 is 0 Å². The van der Waals surface area contributed by atoms with Gasteiger partial charge in [-0.3, -0.25) is 14.3 Å². The number of hydrogen-bond acceptors (Lipinski definition) is 6. The molecule has 9 heteroatoms. The number of aromatic nitrogens is 2. The normalized spacial score (nSPS) is 20.4. The highest BCUT2D eigenvalue weighted by atomic mass is 16.7. The van der Waals surface area contributed by atoms with Crippen LogP contribution in [0.5, 0.6) is 0 Å². The van der Waals surface area contributed by atoms with Gasteiger partial charge in [0, 0.05) is 43.7 Å². The lowest BCUT2D eigenvalue weighted by Crippen LogP contribution is -2.41. The Labute approximate surface area is 218 Å². The fourth-order valence-electron chi connectivity index (χ4n) is 5.34. The monoisotopic (exact) mass is 513 g/mol. The predicted octanol–water partition coefficient (Wildman–Crippen LogP) is 3.01. The summed E-state index contributed by atoms with van der Waals surface area (Å²) in [4.78, 5) is 29.0. The Hall–Kier alpha value is -2.88. The maximum atomic E-state index is 13.7. The van der Waals surface area contributed by atoms with E-state index in [0.29, 0.717) is 18.6 Å². The molecule has 2 aliphatic rings. The van der Waals surface area contributed by atoms with E-state index in [4.69, 9.17) is 19.3 Å². The molecule has 1 aliphatic heterocycles. The summed E-state index contributed by atoms with van der Waals surface area (Å²) in [7, 11) is 3.70. The third-order valence-corrected chi connectivity index (χ3v) is 7.45. The first-order valence-electron chi connectivity index (χ1n) is 13.2. The summed E-state index contributed by atoms with van der Waals surface area (Å²) in [5.74, 6) is -0.308. The Morgan fingerprint density at radius 1 is 1.14 bits per heavy atom. The van der Waals surface area contributed by atoms with Crippen molar-refractivity contribution >= 4 is 5.91 Å².